The molecule has 104 valence electrons. The molecule has 0 saturated carbocycles. The second-order valence-electron chi connectivity index (χ2n) is 5.05. The fraction of sp³-hybridized carbons (Fsp3) is 0.294. The fourth-order valence-corrected chi connectivity index (χ4v) is 4.94. The van der Waals surface area contributed by atoms with Gasteiger partial charge in [0.1, 0.15) is 6.10 Å². The number of fused-ring (bicyclic) bond motifs is 1. The Labute approximate surface area is 126 Å². The maximum Gasteiger partial charge on any atom is 0.113 e. The van der Waals surface area contributed by atoms with Gasteiger partial charge >= 0.3 is 0 Å². The van der Waals surface area contributed by atoms with Crippen molar-refractivity contribution < 1.29 is 4.52 Å². The molecule has 0 amide bonds. The van der Waals surface area contributed by atoms with Crippen LogP contribution < -0.4 is 5.30 Å². The highest BCUT2D eigenvalue weighted by atomic mass is 35.5. The van der Waals surface area contributed by atoms with Gasteiger partial charge in [0.2, 0.25) is 0 Å². The number of hydrogen-bond donors (Lipinski definition) is 0. The Balaban J connectivity index is 1.92. The SMILES string of the molecule is CCCCP1O[C@H](c2ccc(Cl)cc2)c2ccccc21. The van der Waals surface area contributed by atoms with Gasteiger partial charge in [-0.05, 0) is 35.8 Å². The first-order valence-electron chi connectivity index (χ1n) is 7.08. The van der Waals surface area contributed by atoms with Crippen LogP contribution in [0.4, 0.5) is 0 Å². The van der Waals surface area contributed by atoms with E-state index in [4.69, 9.17) is 16.1 Å². The van der Waals surface area contributed by atoms with E-state index in [0.29, 0.717) is 0 Å². The largest absolute Gasteiger partial charge is 0.342 e. The molecule has 0 aliphatic carbocycles. The molecule has 1 unspecified atom stereocenters. The maximum absolute atomic E-state index is 6.38. The summed E-state index contributed by atoms with van der Waals surface area (Å²) in [6.07, 6.45) is 3.68. The minimum atomic E-state index is -0.470. The van der Waals surface area contributed by atoms with Crippen LogP contribution >= 0.6 is 19.7 Å². The van der Waals surface area contributed by atoms with Gasteiger partial charge in [0, 0.05) is 10.3 Å². The molecule has 20 heavy (non-hydrogen) atoms. The third-order valence-electron chi connectivity index (χ3n) is 3.61. The molecule has 0 spiro atoms. The number of rotatable bonds is 4. The van der Waals surface area contributed by atoms with E-state index >= 15 is 0 Å². The highest BCUT2D eigenvalue weighted by Gasteiger charge is 2.32. The van der Waals surface area contributed by atoms with Crippen LogP contribution in [0.25, 0.3) is 0 Å². The maximum atomic E-state index is 6.38. The van der Waals surface area contributed by atoms with Gasteiger partial charge in [-0.1, -0.05) is 61.3 Å². The number of halogens is 1. The molecule has 1 aliphatic rings. The molecule has 1 nitrogen and oxygen atoms in total. The normalized spacial score (nSPS) is 20.9. The van der Waals surface area contributed by atoms with Crippen molar-refractivity contribution in [2.75, 3.05) is 6.16 Å². The van der Waals surface area contributed by atoms with Crippen molar-refractivity contribution in [3.05, 3.63) is 64.7 Å². The fourth-order valence-electron chi connectivity index (χ4n) is 2.53. The molecule has 3 heteroatoms. The van der Waals surface area contributed by atoms with Crippen LogP contribution in [-0.2, 0) is 4.52 Å². The molecular formula is C17H18ClOP. The third kappa shape index (κ3) is 2.76. The summed E-state index contributed by atoms with van der Waals surface area (Å²) in [6, 6.07) is 16.7. The van der Waals surface area contributed by atoms with Gasteiger partial charge in [-0.2, -0.15) is 0 Å². The monoisotopic (exact) mass is 304 g/mol. The summed E-state index contributed by atoms with van der Waals surface area (Å²) < 4.78 is 6.38. The van der Waals surface area contributed by atoms with Crippen LogP contribution in [0.5, 0.6) is 0 Å². The van der Waals surface area contributed by atoms with Gasteiger partial charge < -0.3 is 4.52 Å². The Morgan fingerprint density at radius 3 is 2.60 bits per heavy atom. The van der Waals surface area contributed by atoms with Crippen LogP contribution in [0.1, 0.15) is 37.0 Å². The molecule has 2 aromatic carbocycles. The van der Waals surface area contributed by atoms with E-state index in [1.165, 1.54) is 29.3 Å². The van der Waals surface area contributed by atoms with Crippen LogP contribution in [-0.4, -0.2) is 6.16 Å². The lowest BCUT2D eigenvalue weighted by molar-refractivity contribution is 0.292. The molecule has 0 N–H and O–H groups in total. The van der Waals surface area contributed by atoms with Gasteiger partial charge in [0.05, 0.1) is 8.15 Å². The Bertz CT molecular complexity index is 582. The van der Waals surface area contributed by atoms with Crippen LogP contribution in [0.3, 0.4) is 0 Å². The minimum Gasteiger partial charge on any atom is -0.342 e. The van der Waals surface area contributed by atoms with E-state index in [0.717, 1.165) is 11.2 Å². The first-order valence-corrected chi connectivity index (χ1v) is 8.90. The van der Waals surface area contributed by atoms with Gasteiger partial charge in [0.15, 0.2) is 0 Å². The summed E-state index contributed by atoms with van der Waals surface area (Å²) in [7, 11) is -0.470. The second kappa shape index (κ2) is 6.26. The van der Waals surface area contributed by atoms with E-state index in [9.17, 15) is 0 Å². The summed E-state index contributed by atoms with van der Waals surface area (Å²) in [6.45, 7) is 2.23. The number of unbranched alkanes of at least 4 members (excludes halogenated alkanes) is 1. The summed E-state index contributed by atoms with van der Waals surface area (Å²) in [4.78, 5) is 0. The number of benzene rings is 2. The lowest BCUT2D eigenvalue weighted by Gasteiger charge is -2.14. The zero-order valence-corrected chi connectivity index (χ0v) is 13.2. The summed E-state index contributed by atoms with van der Waals surface area (Å²) >= 11 is 5.98. The summed E-state index contributed by atoms with van der Waals surface area (Å²) in [5, 5.41) is 2.18. The standard InChI is InChI=1S/C17H18ClOP/c1-2-3-12-20-16-7-5-4-6-15(16)17(19-20)13-8-10-14(18)11-9-13/h4-11,17H,2-3,12H2,1H3/t17-,20?/m1/s1. The molecular weight excluding hydrogens is 287 g/mol. The Kier molecular flexibility index (Phi) is 4.41. The van der Waals surface area contributed by atoms with E-state index in [2.05, 4.69) is 43.3 Å². The van der Waals surface area contributed by atoms with E-state index in [-0.39, 0.29) is 6.10 Å². The highest BCUT2D eigenvalue weighted by Crippen LogP contribution is 2.51. The molecule has 2 aromatic rings. The average Bonchev–Trinajstić information content (AvgIpc) is 2.85. The molecule has 0 aromatic heterocycles. The third-order valence-corrected chi connectivity index (χ3v) is 5.99. The van der Waals surface area contributed by atoms with Crippen LogP contribution in [0.2, 0.25) is 5.02 Å². The van der Waals surface area contributed by atoms with Crippen molar-refractivity contribution in [2.24, 2.45) is 0 Å². The Morgan fingerprint density at radius 1 is 1.10 bits per heavy atom. The average molecular weight is 305 g/mol. The van der Waals surface area contributed by atoms with Crippen molar-refractivity contribution in [3.63, 3.8) is 0 Å². The molecule has 0 bridgehead atoms. The minimum absolute atomic E-state index is 0.0754. The molecule has 3 rings (SSSR count). The highest BCUT2D eigenvalue weighted by molar-refractivity contribution is 7.61. The first-order chi connectivity index (χ1) is 9.79. The van der Waals surface area contributed by atoms with E-state index in [1.54, 1.807) is 0 Å². The molecule has 0 radical (unpaired) electrons. The van der Waals surface area contributed by atoms with E-state index < -0.39 is 8.15 Å². The van der Waals surface area contributed by atoms with Crippen molar-refractivity contribution in [2.45, 2.75) is 25.9 Å². The molecule has 0 saturated heterocycles. The quantitative estimate of drug-likeness (QED) is 0.698. The Morgan fingerprint density at radius 2 is 1.85 bits per heavy atom. The van der Waals surface area contributed by atoms with Gasteiger partial charge in [-0.25, -0.2) is 0 Å². The van der Waals surface area contributed by atoms with E-state index in [1.807, 2.05) is 12.1 Å². The van der Waals surface area contributed by atoms with Crippen molar-refractivity contribution >= 4 is 25.1 Å². The molecule has 0 fully saturated rings. The molecule has 2 atom stereocenters. The molecule has 1 heterocycles. The first kappa shape index (κ1) is 14.1. The predicted molar refractivity (Wildman–Crippen MR) is 87.2 cm³/mol. The van der Waals surface area contributed by atoms with Crippen molar-refractivity contribution in [1.29, 1.82) is 0 Å². The lowest BCUT2D eigenvalue weighted by atomic mass is 10.0. The second-order valence-corrected chi connectivity index (χ2v) is 7.38. The topological polar surface area (TPSA) is 9.23 Å². The van der Waals surface area contributed by atoms with Crippen molar-refractivity contribution in [1.82, 2.24) is 0 Å². The van der Waals surface area contributed by atoms with Gasteiger partial charge in [-0.15, -0.1) is 0 Å². The number of hydrogen-bond acceptors (Lipinski definition) is 1. The van der Waals surface area contributed by atoms with Crippen LogP contribution in [0.15, 0.2) is 48.5 Å². The van der Waals surface area contributed by atoms with Gasteiger partial charge in [0.25, 0.3) is 0 Å². The summed E-state index contributed by atoms with van der Waals surface area (Å²) in [5.74, 6) is 0. The zero-order chi connectivity index (χ0) is 13.9. The summed E-state index contributed by atoms with van der Waals surface area (Å²) in [5.41, 5.74) is 2.53. The van der Waals surface area contributed by atoms with Gasteiger partial charge in [-0.3, -0.25) is 0 Å². The zero-order valence-electron chi connectivity index (χ0n) is 11.6. The smallest absolute Gasteiger partial charge is 0.113 e. The predicted octanol–water partition coefficient (Wildman–Crippen LogP) is 5.28. The van der Waals surface area contributed by atoms with Crippen molar-refractivity contribution in [3.8, 4) is 0 Å². The Hall–Kier alpha value is -0.880. The van der Waals surface area contributed by atoms with Crippen LogP contribution in [0, 0.1) is 0 Å². The lowest BCUT2D eigenvalue weighted by Crippen LogP contribution is -2.03. The molecule has 1 aliphatic heterocycles.